The van der Waals surface area contributed by atoms with Crippen LogP contribution < -0.4 is 0 Å². The van der Waals surface area contributed by atoms with E-state index in [9.17, 15) is 0 Å². The first kappa shape index (κ1) is 64.2. The molecule has 0 nitrogen and oxygen atoms in total. The quantitative estimate of drug-likeness (QED) is 0.409. The fraction of sp³-hybridized carbons (Fsp3) is 0.111. The van der Waals surface area contributed by atoms with Crippen molar-refractivity contribution in [2.45, 2.75) is 6.42 Å². The van der Waals surface area contributed by atoms with Crippen LogP contribution in [0.2, 0.25) is 0 Å². The molecule has 0 fully saturated rings. The van der Waals surface area contributed by atoms with Crippen LogP contribution in [0.4, 0.5) is 0 Å². The average Bonchev–Trinajstić information content (AvgIpc) is 1.76. The summed E-state index contributed by atoms with van der Waals surface area (Å²) in [5.41, 5.74) is 0. The summed E-state index contributed by atoms with van der Waals surface area (Å²) in [6.45, 7) is 0. The van der Waals surface area contributed by atoms with E-state index in [0.717, 1.165) is 6.42 Å². The van der Waals surface area contributed by atoms with Gasteiger partial charge in [0.2, 0.25) is 0 Å². The predicted molar refractivity (Wildman–Crippen MR) is 69.0 cm³/mol. The van der Waals surface area contributed by atoms with Crippen molar-refractivity contribution in [1.82, 2.24) is 0 Å². The van der Waals surface area contributed by atoms with E-state index in [1.807, 2.05) is 12.2 Å². The van der Waals surface area contributed by atoms with Crippen molar-refractivity contribution >= 4 is 37.2 Å². The maximum atomic E-state index is 2.99. The average molecular weight is 413 g/mol. The van der Waals surface area contributed by atoms with Gasteiger partial charge < -0.3 is 29.7 Å². The fourth-order valence-corrected chi connectivity index (χ4v) is 0.340. The van der Waals surface area contributed by atoms with Gasteiger partial charge in [0, 0.05) is 25.8 Å². The summed E-state index contributed by atoms with van der Waals surface area (Å²) in [7, 11) is 0. The van der Waals surface area contributed by atoms with Crippen LogP contribution in [0.5, 0.6) is 0 Å². The van der Waals surface area contributed by atoms with Crippen molar-refractivity contribution < 1.29 is 25.8 Å². The zero-order chi connectivity index (χ0) is 3.54. The summed E-state index contributed by atoms with van der Waals surface area (Å²) in [6, 6.07) is 0. The van der Waals surface area contributed by atoms with E-state index in [4.69, 9.17) is 0 Å². The van der Waals surface area contributed by atoms with E-state index < -0.39 is 0 Å². The van der Waals surface area contributed by atoms with E-state index in [1.54, 1.807) is 0 Å². The summed E-state index contributed by atoms with van der Waals surface area (Å²) in [5.74, 6) is 0. The summed E-state index contributed by atoms with van der Waals surface area (Å²) in [4.78, 5) is 0. The molecule has 0 atom stereocenters. The maximum absolute atomic E-state index is 2.99. The van der Waals surface area contributed by atoms with Crippen molar-refractivity contribution in [3.63, 3.8) is 0 Å². The molecule has 0 bridgehead atoms. The molecule has 0 aliphatic heterocycles. The fourth-order valence-electron chi connectivity index (χ4n) is 0.340. The molecule has 0 aromatic carbocycles. The van der Waals surface area contributed by atoms with Crippen molar-refractivity contribution in [2.75, 3.05) is 0 Å². The predicted octanol–water partition coefficient (Wildman–Crippen LogP) is 4.37. The summed E-state index contributed by atoms with van der Waals surface area (Å²) in [6.07, 6.45) is 10.0. The van der Waals surface area contributed by atoms with Crippen LogP contribution in [0.15, 0.2) is 18.2 Å². The maximum Gasteiger partial charge on any atom is 0 e. The van der Waals surface area contributed by atoms with Crippen LogP contribution in [0.1, 0.15) is 6.42 Å². The van der Waals surface area contributed by atoms with Crippen molar-refractivity contribution in [1.29, 1.82) is 0 Å². The zero-order valence-corrected chi connectivity index (χ0v) is 14.7. The van der Waals surface area contributed by atoms with Gasteiger partial charge in [0.05, 0.1) is 0 Å². The third kappa shape index (κ3) is 43.0. The second-order valence-corrected chi connectivity index (χ2v) is 1.00. The molecule has 0 aromatic rings. The number of hydrogen-bond donors (Lipinski definition) is 0. The van der Waals surface area contributed by atoms with E-state index in [2.05, 4.69) is 12.2 Å². The number of halogens is 3. The van der Waals surface area contributed by atoms with Crippen LogP contribution in [-0.4, -0.2) is 0 Å². The molecular weight excluding hydrogens is 393 g/mol. The monoisotopic (exact) mass is 413 g/mol. The molecule has 0 saturated heterocycles. The topological polar surface area (TPSA) is 0 Å². The Labute approximate surface area is 123 Å². The first-order valence-electron chi connectivity index (χ1n) is 1.72. The molecule has 0 N–H and O–H groups in total. The minimum absolute atomic E-state index is 0. The first-order chi connectivity index (χ1) is 2.50. The Bertz CT molecular complexity index is 72.9. The molecule has 0 spiro atoms. The Morgan fingerprint density at radius 3 is 1.31 bits per heavy atom. The van der Waals surface area contributed by atoms with Gasteiger partial charge in [-0.05, 0) is 0 Å². The summed E-state index contributed by atoms with van der Waals surface area (Å²) >= 11 is 0. The molecule has 86 valence electrons. The van der Waals surface area contributed by atoms with Crippen molar-refractivity contribution in [2.24, 2.45) is 0 Å². The third-order valence-electron chi connectivity index (χ3n) is 0.586. The Balaban J connectivity index is -0.00000000521. The Morgan fingerprint density at radius 2 is 1.23 bits per heavy atom. The molecule has 13 heavy (non-hydrogen) atoms. The first-order valence-corrected chi connectivity index (χ1v) is 1.72. The number of rotatable bonds is 0. The van der Waals surface area contributed by atoms with Gasteiger partial charge in [-0.15, -0.1) is 43.6 Å². The summed E-state index contributed by atoms with van der Waals surface area (Å²) < 4.78 is 0. The van der Waals surface area contributed by atoms with Gasteiger partial charge >= 0.3 is 0 Å². The molecule has 0 radical (unpaired) electrons. The van der Waals surface area contributed by atoms with Crippen molar-refractivity contribution in [3.8, 4) is 0 Å². The van der Waals surface area contributed by atoms with Crippen LogP contribution in [0, 0.1) is 35.8 Å². The van der Waals surface area contributed by atoms with Crippen molar-refractivity contribution in [3.05, 3.63) is 54.0 Å². The van der Waals surface area contributed by atoms with Gasteiger partial charge in [-0.3, -0.25) is 6.08 Å². The largest absolute Gasteiger partial charge is 0.358 e. The SMILES string of the molecule is Cl.Cl.Cl.[C-]1=CC=CC1.[CH3-].[CH3-].[CH3-].[CH3-].[Hf]. The number of allylic oxidation sites excluding steroid dienone is 4. The van der Waals surface area contributed by atoms with Gasteiger partial charge in [-0.2, -0.15) is 6.08 Å². The molecule has 1 rings (SSSR count). The van der Waals surface area contributed by atoms with Crippen LogP contribution in [0.3, 0.4) is 0 Å². The van der Waals surface area contributed by atoms with E-state index in [1.165, 1.54) is 0 Å². The molecule has 1 aliphatic carbocycles. The van der Waals surface area contributed by atoms with Crippen LogP contribution in [-0.2, 0) is 25.8 Å². The van der Waals surface area contributed by atoms with E-state index >= 15 is 0 Å². The second-order valence-electron chi connectivity index (χ2n) is 1.00. The minimum Gasteiger partial charge on any atom is -0.358 e. The molecule has 0 amide bonds. The molecule has 1 aliphatic rings. The van der Waals surface area contributed by atoms with E-state index in [-0.39, 0.29) is 92.8 Å². The van der Waals surface area contributed by atoms with Gasteiger partial charge in [-0.25, -0.2) is 12.2 Å². The summed E-state index contributed by atoms with van der Waals surface area (Å²) in [5, 5.41) is 0. The van der Waals surface area contributed by atoms with E-state index in [0.29, 0.717) is 0 Å². The zero-order valence-electron chi connectivity index (χ0n) is 8.66. The molecule has 0 heterocycles. The molecule has 0 aromatic heterocycles. The Kier molecular flexibility index (Phi) is 252. The second kappa shape index (κ2) is 51.0. The Hall–Kier alpha value is 1.22. The molecule has 4 heteroatoms. The molecule has 0 unspecified atom stereocenters. The standard InChI is InChI=1S/C5H5.4CH3.3ClH.Hf/c1-2-4-5-3-1;;;;;;;;/h1-3H,4H2;4*1H3;3*1H;/q5*-1;;;;. The van der Waals surface area contributed by atoms with Gasteiger partial charge in [0.15, 0.2) is 0 Å². The van der Waals surface area contributed by atoms with Gasteiger partial charge in [0.1, 0.15) is 0 Å². The smallest absolute Gasteiger partial charge is 0 e. The van der Waals surface area contributed by atoms with Gasteiger partial charge in [-0.1, -0.05) is 0 Å². The number of hydrogen-bond acceptors (Lipinski definition) is 0. The van der Waals surface area contributed by atoms with Crippen LogP contribution in [0.25, 0.3) is 0 Å². The Morgan fingerprint density at radius 1 is 0.846 bits per heavy atom. The minimum atomic E-state index is 0. The van der Waals surface area contributed by atoms with Gasteiger partial charge in [0.25, 0.3) is 0 Å². The van der Waals surface area contributed by atoms with Crippen LogP contribution >= 0.6 is 37.2 Å². The normalized spacial score (nSPS) is 6.77. The molecular formula is C9H20Cl3Hf-5. The molecule has 0 saturated carbocycles. The third-order valence-corrected chi connectivity index (χ3v) is 0.586.